The van der Waals surface area contributed by atoms with Gasteiger partial charge in [-0.3, -0.25) is 14.3 Å². The summed E-state index contributed by atoms with van der Waals surface area (Å²) in [6, 6.07) is 16.0. The molecule has 1 atom stereocenters. The molecule has 3 aromatic rings. The van der Waals surface area contributed by atoms with Crippen LogP contribution in [0.5, 0.6) is 0 Å². The number of nitrogens with zero attached hydrogens (tertiary/aromatic N) is 3. The predicted octanol–water partition coefficient (Wildman–Crippen LogP) is 4.08. The van der Waals surface area contributed by atoms with E-state index in [0.29, 0.717) is 18.8 Å². The monoisotopic (exact) mass is 454 g/mol. The SMILES string of the molecule is C[C@@H](CCc1ccccc1)NC(=O)c1cc2n(n1)CCN(Cc1c(F)cccc1Cl)C2=O. The van der Waals surface area contributed by atoms with E-state index in [1.54, 1.807) is 6.07 Å². The van der Waals surface area contributed by atoms with Crippen molar-refractivity contribution in [3.8, 4) is 0 Å². The molecule has 0 fully saturated rings. The Balaban J connectivity index is 1.40. The number of hydrogen-bond donors (Lipinski definition) is 1. The maximum atomic E-state index is 14.1. The summed E-state index contributed by atoms with van der Waals surface area (Å²) in [7, 11) is 0. The molecule has 1 N–H and O–H groups in total. The van der Waals surface area contributed by atoms with E-state index in [1.165, 1.54) is 33.3 Å². The zero-order chi connectivity index (χ0) is 22.7. The maximum Gasteiger partial charge on any atom is 0.272 e. The third kappa shape index (κ3) is 4.83. The van der Waals surface area contributed by atoms with Crippen molar-refractivity contribution in [3.63, 3.8) is 0 Å². The van der Waals surface area contributed by atoms with Gasteiger partial charge in [0.2, 0.25) is 0 Å². The van der Waals surface area contributed by atoms with Crippen LogP contribution in [-0.4, -0.2) is 39.1 Å². The highest BCUT2D eigenvalue weighted by Gasteiger charge is 2.29. The zero-order valence-electron chi connectivity index (χ0n) is 17.7. The number of nitrogens with one attached hydrogen (secondary N) is 1. The fourth-order valence-corrected chi connectivity index (χ4v) is 3.99. The average Bonchev–Trinajstić information content (AvgIpc) is 3.23. The van der Waals surface area contributed by atoms with E-state index in [1.807, 2.05) is 25.1 Å². The standard InChI is InChI=1S/C24H24ClFN4O2/c1-16(10-11-17-6-3-2-4-7-17)27-23(31)21-14-22-24(32)29(12-13-30(22)28-21)15-18-19(25)8-5-9-20(18)26/h2-9,14,16H,10-13,15H2,1H3,(H,27,31)/t16-/m0/s1. The van der Waals surface area contributed by atoms with E-state index in [4.69, 9.17) is 11.6 Å². The molecule has 32 heavy (non-hydrogen) atoms. The lowest BCUT2D eigenvalue weighted by Gasteiger charge is -2.27. The first kappa shape index (κ1) is 22.0. The smallest absolute Gasteiger partial charge is 0.272 e. The van der Waals surface area contributed by atoms with E-state index in [0.717, 1.165) is 12.8 Å². The second kappa shape index (κ2) is 9.53. The number of amides is 2. The fourth-order valence-electron chi connectivity index (χ4n) is 3.77. The summed E-state index contributed by atoms with van der Waals surface area (Å²) < 4.78 is 15.7. The van der Waals surface area contributed by atoms with Gasteiger partial charge in [-0.1, -0.05) is 48.0 Å². The molecule has 0 saturated carbocycles. The molecule has 0 unspecified atom stereocenters. The van der Waals surface area contributed by atoms with E-state index in [-0.39, 0.29) is 40.7 Å². The molecule has 2 aromatic carbocycles. The van der Waals surface area contributed by atoms with Crippen LogP contribution in [0, 0.1) is 5.82 Å². The van der Waals surface area contributed by atoms with Gasteiger partial charge < -0.3 is 10.2 Å². The molecule has 2 heterocycles. The van der Waals surface area contributed by atoms with Crippen LogP contribution in [0.2, 0.25) is 5.02 Å². The molecule has 0 aliphatic carbocycles. The molecule has 0 saturated heterocycles. The van der Waals surface area contributed by atoms with Crippen molar-refractivity contribution in [1.82, 2.24) is 20.0 Å². The van der Waals surface area contributed by atoms with Gasteiger partial charge >= 0.3 is 0 Å². The summed E-state index contributed by atoms with van der Waals surface area (Å²) in [4.78, 5) is 27.1. The maximum absolute atomic E-state index is 14.1. The molecule has 0 radical (unpaired) electrons. The molecule has 1 aliphatic rings. The Labute approximate surface area is 191 Å². The van der Waals surface area contributed by atoms with Crippen molar-refractivity contribution in [1.29, 1.82) is 0 Å². The fraction of sp³-hybridized carbons (Fsp3) is 0.292. The molecule has 1 aliphatic heterocycles. The Morgan fingerprint density at radius 2 is 1.97 bits per heavy atom. The van der Waals surface area contributed by atoms with Crippen LogP contribution in [-0.2, 0) is 19.5 Å². The quantitative estimate of drug-likeness (QED) is 0.585. The van der Waals surface area contributed by atoms with Crippen LogP contribution >= 0.6 is 11.6 Å². The molecule has 1 aromatic heterocycles. The minimum absolute atomic E-state index is 0.0446. The average molecular weight is 455 g/mol. The largest absolute Gasteiger partial charge is 0.348 e. The molecule has 0 bridgehead atoms. The highest BCUT2D eigenvalue weighted by atomic mass is 35.5. The Morgan fingerprint density at radius 1 is 1.19 bits per heavy atom. The topological polar surface area (TPSA) is 67.2 Å². The van der Waals surface area contributed by atoms with Crippen molar-refractivity contribution < 1.29 is 14.0 Å². The van der Waals surface area contributed by atoms with E-state index < -0.39 is 5.82 Å². The van der Waals surface area contributed by atoms with Crippen LogP contribution in [0.3, 0.4) is 0 Å². The highest BCUT2D eigenvalue weighted by molar-refractivity contribution is 6.31. The van der Waals surface area contributed by atoms with Gasteiger partial charge in [-0.2, -0.15) is 5.10 Å². The van der Waals surface area contributed by atoms with Crippen LogP contribution in [0.25, 0.3) is 0 Å². The van der Waals surface area contributed by atoms with Gasteiger partial charge in [-0.25, -0.2) is 4.39 Å². The summed E-state index contributed by atoms with van der Waals surface area (Å²) in [5.41, 5.74) is 2.00. The van der Waals surface area contributed by atoms with Gasteiger partial charge in [0, 0.05) is 29.2 Å². The lowest BCUT2D eigenvalue weighted by Crippen LogP contribution is -2.40. The second-order valence-electron chi connectivity index (χ2n) is 7.96. The van der Waals surface area contributed by atoms with Gasteiger partial charge in [0.25, 0.3) is 11.8 Å². The third-order valence-corrected chi connectivity index (χ3v) is 5.95. The van der Waals surface area contributed by atoms with Crippen molar-refractivity contribution in [2.45, 2.75) is 38.9 Å². The number of fused-ring (bicyclic) bond motifs is 1. The number of carbonyl (C=O) groups excluding carboxylic acids is 2. The summed E-state index contributed by atoms with van der Waals surface area (Å²) in [5.74, 6) is -1.07. The van der Waals surface area contributed by atoms with Crippen LogP contribution in [0.4, 0.5) is 4.39 Å². The first-order valence-corrected chi connectivity index (χ1v) is 10.9. The Bertz CT molecular complexity index is 1110. The zero-order valence-corrected chi connectivity index (χ0v) is 18.5. The number of hydrogen-bond acceptors (Lipinski definition) is 3. The molecule has 4 rings (SSSR count). The summed E-state index contributed by atoms with van der Waals surface area (Å²) in [6.45, 7) is 2.78. The third-order valence-electron chi connectivity index (χ3n) is 5.60. The first-order chi connectivity index (χ1) is 15.4. The number of rotatable bonds is 7. The molecular formula is C24H24ClFN4O2. The summed E-state index contributed by atoms with van der Waals surface area (Å²) in [6.07, 6.45) is 1.65. The molecule has 0 spiro atoms. The number of carbonyl (C=O) groups is 2. The minimum Gasteiger partial charge on any atom is -0.348 e. The predicted molar refractivity (Wildman–Crippen MR) is 120 cm³/mol. The van der Waals surface area contributed by atoms with Crippen LogP contribution < -0.4 is 5.32 Å². The summed E-state index contributed by atoms with van der Waals surface area (Å²) >= 11 is 6.11. The number of benzene rings is 2. The van der Waals surface area contributed by atoms with Crippen LogP contribution in [0.15, 0.2) is 54.6 Å². The normalized spacial score (nSPS) is 14.2. The first-order valence-electron chi connectivity index (χ1n) is 10.6. The van der Waals surface area contributed by atoms with E-state index in [2.05, 4.69) is 22.5 Å². The van der Waals surface area contributed by atoms with Crippen LogP contribution in [0.1, 0.15) is 45.4 Å². The molecular weight excluding hydrogens is 431 g/mol. The van der Waals surface area contributed by atoms with Crippen molar-refractivity contribution in [3.05, 3.63) is 88.0 Å². The lowest BCUT2D eigenvalue weighted by molar-refractivity contribution is 0.0681. The van der Waals surface area contributed by atoms with Gasteiger partial charge in [-0.15, -0.1) is 0 Å². The Kier molecular flexibility index (Phi) is 6.55. The molecule has 6 nitrogen and oxygen atoms in total. The number of aryl methyl sites for hydroxylation is 1. The van der Waals surface area contributed by atoms with Gasteiger partial charge in [-0.05, 0) is 37.5 Å². The minimum atomic E-state index is -0.450. The van der Waals surface area contributed by atoms with Crippen molar-refractivity contribution >= 4 is 23.4 Å². The number of halogens is 2. The highest BCUT2D eigenvalue weighted by Crippen LogP contribution is 2.23. The Hall–Kier alpha value is -3.19. The number of aromatic nitrogens is 2. The Morgan fingerprint density at radius 3 is 2.72 bits per heavy atom. The summed E-state index contributed by atoms with van der Waals surface area (Å²) in [5, 5.41) is 7.53. The molecule has 2 amide bonds. The molecule has 166 valence electrons. The van der Waals surface area contributed by atoms with Crippen molar-refractivity contribution in [2.75, 3.05) is 6.54 Å². The van der Waals surface area contributed by atoms with E-state index >= 15 is 0 Å². The molecule has 8 heteroatoms. The van der Waals surface area contributed by atoms with Gasteiger partial charge in [0.1, 0.15) is 11.5 Å². The van der Waals surface area contributed by atoms with Gasteiger partial charge in [0.15, 0.2) is 5.69 Å². The second-order valence-corrected chi connectivity index (χ2v) is 8.37. The lowest BCUT2D eigenvalue weighted by atomic mass is 10.1. The van der Waals surface area contributed by atoms with Crippen molar-refractivity contribution in [2.24, 2.45) is 0 Å². The van der Waals surface area contributed by atoms with Gasteiger partial charge in [0.05, 0.1) is 13.1 Å². The van der Waals surface area contributed by atoms with E-state index in [9.17, 15) is 14.0 Å².